The molecule has 0 saturated heterocycles. The molecule has 4 rings (SSSR count). The van der Waals surface area contributed by atoms with Crippen LogP contribution < -0.4 is 14.9 Å². The number of fused-ring (bicyclic) bond motifs is 1. The summed E-state index contributed by atoms with van der Waals surface area (Å²) in [5.74, 6) is 1.11. The molecule has 0 unspecified atom stereocenters. The molecule has 4 aromatic carbocycles. The van der Waals surface area contributed by atoms with Gasteiger partial charge in [0.05, 0.1) is 19.2 Å². The number of benzene rings is 4. The van der Waals surface area contributed by atoms with Crippen molar-refractivity contribution in [3.63, 3.8) is 0 Å². The molecule has 0 fully saturated rings. The molecular weight excluding hydrogens is 492 g/mol. The lowest BCUT2D eigenvalue weighted by Crippen LogP contribution is -2.19. The van der Waals surface area contributed by atoms with Gasteiger partial charge in [0.2, 0.25) is 5.91 Å². The minimum absolute atomic E-state index is 0.182. The van der Waals surface area contributed by atoms with E-state index in [9.17, 15) is 4.79 Å². The lowest BCUT2D eigenvalue weighted by molar-refractivity contribution is -0.120. The molecule has 0 heterocycles. The van der Waals surface area contributed by atoms with Gasteiger partial charge in [-0.2, -0.15) is 5.10 Å². The first kappa shape index (κ1) is 23.5. The lowest BCUT2D eigenvalue weighted by atomic mass is 10.1. The fourth-order valence-corrected chi connectivity index (χ4v) is 3.84. The Hall–Kier alpha value is -3.64. The highest BCUT2D eigenvalue weighted by Crippen LogP contribution is 2.30. The number of hydrogen-bond acceptors (Lipinski definition) is 4. The van der Waals surface area contributed by atoms with E-state index < -0.39 is 0 Å². The maximum atomic E-state index is 12.1. The van der Waals surface area contributed by atoms with Gasteiger partial charge >= 0.3 is 0 Å². The SMILES string of the molecule is CCOc1cc(/C=N\NC(=O)Cc2ccc(Br)cc2)ccc1OCc1cccc2ccccc12. The Labute approximate surface area is 207 Å². The number of hydrogen-bond donors (Lipinski definition) is 1. The highest BCUT2D eigenvalue weighted by molar-refractivity contribution is 9.10. The van der Waals surface area contributed by atoms with E-state index in [1.165, 1.54) is 10.8 Å². The smallest absolute Gasteiger partial charge is 0.244 e. The van der Waals surface area contributed by atoms with Crippen LogP contribution in [0.2, 0.25) is 0 Å². The van der Waals surface area contributed by atoms with Crippen LogP contribution in [0.5, 0.6) is 11.5 Å². The van der Waals surface area contributed by atoms with E-state index in [0.29, 0.717) is 24.7 Å². The van der Waals surface area contributed by atoms with Gasteiger partial charge in [0.15, 0.2) is 11.5 Å². The number of carbonyl (C=O) groups excluding carboxylic acids is 1. The molecule has 0 atom stereocenters. The maximum absolute atomic E-state index is 12.1. The standard InChI is InChI=1S/C28H25BrN2O3/c1-2-33-27-16-21(18-30-31-28(32)17-20-10-13-24(29)14-11-20)12-15-26(27)34-19-23-8-5-7-22-6-3-4-9-25(22)23/h3-16,18H,2,17,19H2,1H3,(H,31,32)/b30-18-. The molecule has 172 valence electrons. The summed E-state index contributed by atoms with van der Waals surface area (Å²) in [5.41, 5.74) is 5.40. The van der Waals surface area contributed by atoms with Crippen molar-refractivity contribution in [2.45, 2.75) is 20.0 Å². The van der Waals surface area contributed by atoms with E-state index >= 15 is 0 Å². The molecule has 0 aliphatic heterocycles. The average molecular weight is 517 g/mol. The van der Waals surface area contributed by atoms with Gasteiger partial charge in [-0.25, -0.2) is 5.43 Å². The number of hydrazone groups is 1. The fourth-order valence-electron chi connectivity index (χ4n) is 3.57. The predicted octanol–water partition coefficient (Wildman–Crippen LogP) is 6.27. The predicted molar refractivity (Wildman–Crippen MR) is 139 cm³/mol. The molecule has 0 saturated carbocycles. The van der Waals surface area contributed by atoms with Gasteiger partial charge in [-0.3, -0.25) is 4.79 Å². The molecule has 0 bridgehead atoms. The Balaban J connectivity index is 1.40. The van der Waals surface area contributed by atoms with Crippen molar-refractivity contribution in [3.8, 4) is 11.5 Å². The summed E-state index contributed by atoms with van der Waals surface area (Å²) in [6.45, 7) is 2.87. The number of amides is 1. The Morgan fingerprint density at radius 1 is 0.941 bits per heavy atom. The molecule has 0 spiro atoms. The van der Waals surface area contributed by atoms with Crippen molar-refractivity contribution in [2.24, 2.45) is 5.10 Å². The molecule has 0 aliphatic rings. The van der Waals surface area contributed by atoms with Crippen LogP contribution in [0, 0.1) is 0 Å². The molecule has 1 N–H and O–H groups in total. The van der Waals surface area contributed by atoms with Crippen molar-refractivity contribution in [3.05, 3.63) is 106 Å². The Kier molecular flexibility index (Phi) is 7.94. The minimum Gasteiger partial charge on any atom is -0.490 e. The second kappa shape index (κ2) is 11.5. The molecule has 0 aliphatic carbocycles. The second-order valence-corrected chi connectivity index (χ2v) is 8.58. The zero-order valence-corrected chi connectivity index (χ0v) is 20.4. The van der Waals surface area contributed by atoms with Crippen LogP contribution >= 0.6 is 15.9 Å². The summed E-state index contributed by atoms with van der Waals surface area (Å²) < 4.78 is 12.9. The molecule has 6 heteroatoms. The van der Waals surface area contributed by atoms with E-state index in [1.54, 1.807) is 6.21 Å². The fraction of sp³-hybridized carbons (Fsp3) is 0.143. The van der Waals surface area contributed by atoms with Gasteiger partial charge in [-0.15, -0.1) is 0 Å². The first-order chi connectivity index (χ1) is 16.6. The van der Waals surface area contributed by atoms with Crippen LogP contribution in [0.15, 0.2) is 94.5 Å². The number of nitrogens with zero attached hydrogens (tertiary/aromatic N) is 1. The van der Waals surface area contributed by atoms with Gasteiger partial charge in [0.25, 0.3) is 0 Å². The van der Waals surface area contributed by atoms with Crippen LogP contribution in [-0.2, 0) is 17.8 Å². The summed E-state index contributed by atoms with van der Waals surface area (Å²) in [4.78, 5) is 12.1. The van der Waals surface area contributed by atoms with Crippen molar-refractivity contribution < 1.29 is 14.3 Å². The number of rotatable bonds is 9. The third kappa shape index (κ3) is 6.23. The maximum Gasteiger partial charge on any atom is 0.244 e. The van der Waals surface area contributed by atoms with E-state index in [1.807, 2.05) is 67.6 Å². The molecule has 4 aromatic rings. The first-order valence-corrected chi connectivity index (χ1v) is 11.8. The molecular formula is C28H25BrN2O3. The largest absolute Gasteiger partial charge is 0.490 e. The van der Waals surface area contributed by atoms with Crippen LogP contribution in [0.4, 0.5) is 0 Å². The van der Waals surface area contributed by atoms with Crippen LogP contribution in [0.1, 0.15) is 23.6 Å². The van der Waals surface area contributed by atoms with Gasteiger partial charge in [0, 0.05) is 4.47 Å². The molecule has 0 aromatic heterocycles. The summed E-state index contributed by atoms with van der Waals surface area (Å²) in [5, 5.41) is 6.44. The zero-order valence-electron chi connectivity index (χ0n) is 18.8. The Morgan fingerprint density at radius 2 is 1.74 bits per heavy atom. The third-order valence-electron chi connectivity index (χ3n) is 5.21. The lowest BCUT2D eigenvalue weighted by Gasteiger charge is -2.13. The molecule has 0 radical (unpaired) electrons. The van der Waals surface area contributed by atoms with E-state index in [-0.39, 0.29) is 12.3 Å². The summed E-state index contributed by atoms with van der Waals surface area (Å²) in [7, 11) is 0. The van der Waals surface area contributed by atoms with Gasteiger partial charge in [-0.05, 0) is 64.7 Å². The van der Waals surface area contributed by atoms with Gasteiger partial charge < -0.3 is 9.47 Å². The normalized spacial score (nSPS) is 11.0. The summed E-state index contributed by atoms with van der Waals surface area (Å²) in [6.07, 6.45) is 1.85. The van der Waals surface area contributed by atoms with E-state index in [0.717, 1.165) is 21.2 Å². The minimum atomic E-state index is -0.182. The zero-order chi connectivity index (χ0) is 23.8. The van der Waals surface area contributed by atoms with E-state index in [2.05, 4.69) is 50.7 Å². The van der Waals surface area contributed by atoms with Crippen LogP contribution in [0.25, 0.3) is 10.8 Å². The van der Waals surface area contributed by atoms with Crippen molar-refractivity contribution >= 4 is 38.8 Å². The van der Waals surface area contributed by atoms with Crippen molar-refractivity contribution in [1.29, 1.82) is 0 Å². The highest BCUT2D eigenvalue weighted by Gasteiger charge is 2.08. The van der Waals surface area contributed by atoms with Gasteiger partial charge in [0.1, 0.15) is 6.61 Å². The Morgan fingerprint density at radius 3 is 2.56 bits per heavy atom. The monoisotopic (exact) mass is 516 g/mol. The number of carbonyl (C=O) groups is 1. The average Bonchev–Trinajstić information content (AvgIpc) is 2.85. The van der Waals surface area contributed by atoms with Crippen molar-refractivity contribution in [1.82, 2.24) is 5.43 Å². The molecule has 1 amide bonds. The summed E-state index contributed by atoms with van der Waals surface area (Å²) >= 11 is 3.39. The quantitative estimate of drug-likeness (QED) is 0.210. The Bertz CT molecular complexity index is 1300. The topological polar surface area (TPSA) is 59.9 Å². The van der Waals surface area contributed by atoms with Gasteiger partial charge in [-0.1, -0.05) is 70.5 Å². The van der Waals surface area contributed by atoms with Crippen LogP contribution in [-0.4, -0.2) is 18.7 Å². The van der Waals surface area contributed by atoms with E-state index in [4.69, 9.17) is 9.47 Å². The first-order valence-electron chi connectivity index (χ1n) is 11.0. The third-order valence-corrected chi connectivity index (χ3v) is 5.74. The summed E-state index contributed by atoms with van der Waals surface area (Å²) in [6, 6.07) is 27.7. The molecule has 5 nitrogen and oxygen atoms in total. The molecule has 34 heavy (non-hydrogen) atoms. The second-order valence-electron chi connectivity index (χ2n) is 7.66. The highest BCUT2D eigenvalue weighted by atomic mass is 79.9. The number of nitrogens with one attached hydrogen (secondary N) is 1. The van der Waals surface area contributed by atoms with Crippen molar-refractivity contribution in [2.75, 3.05) is 6.61 Å². The number of halogens is 1. The number of ether oxygens (including phenoxy) is 2. The van der Waals surface area contributed by atoms with Crippen LogP contribution in [0.3, 0.4) is 0 Å².